The zero-order valence-electron chi connectivity index (χ0n) is 10.0. The number of nitrogens with zero attached hydrogens (tertiary/aromatic N) is 2. The maximum Gasteiger partial charge on any atom is 0.146 e. The maximum absolute atomic E-state index is 13.8. The van der Waals surface area contributed by atoms with Gasteiger partial charge in [0.2, 0.25) is 0 Å². The van der Waals surface area contributed by atoms with Gasteiger partial charge in [0.1, 0.15) is 5.82 Å². The van der Waals surface area contributed by atoms with Gasteiger partial charge in [0.15, 0.2) is 0 Å². The predicted octanol–water partition coefficient (Wildman–Crippen LogP) is 2.28. The summed E-state index contributed by atoms with van der Waals surface area (Å²) in [6.07, 6.45) is 0. The fraction of sp³-hybridized carbons (Fsp3) is 0.538. The Labute approximate surface area is 96.7 Å². The standard InChI is InChI=1S/C13H19FN2/c1-3-15-7-9-16(10-8-15)13-11(2)5-4-6-12(13)14/h4-6H,3,7-10H2,1-2H3. The van der Waals surface area contributed by atoms with E-state index in [4.69, 9.17) is 0 Å². The van der Waals surface area contributed by atoms with Crippen molar-refractivity contribution >= 4 is 5.69 Å². The molecule has 0 aromatic heterocycles. The van der Waals surface area contributed by atoms with Crippen molar-refractivity contribution in [2.24, 2.45) is 0 Å². The Balaban J connectivity index is 2.14. The van der Waals surface area contributed by atoms with Crippen LogP contribution in [0.1, 0.15) is 12.5 Å². The first-order valence-corrected chi connectivity index (χ1v) is 5.94. The second-order valence-electron chi connectivity index (χ2n) is 4.33. The van der Waals surface area contributed by atoms with Crippen LogP contribution in [0, 0.1) is 12.7 Å². The van der Waals surface area contributed by atoms with Crippen molar-refractivity contribution in [3.63, 3.8) is 0 Å². The summed E-state index contributed by atoms with van der Waals surface area (Å²) in [6, 6.07) is 5.30. The van der Waals surface area contributed by atoms with Gasteiger partial charge in [0, 0.05) is 26.2 Å². The first-order chi connectivity index (χ1) is 7.72. The molecular formula is C13H19FN2. The summed E-state index contributed by atoms with van der Waals surface area (Å²) in [5.74, 6) is -0.0926. The largest absolute Gasteiger partial charge is 0.366 e. The number of aryl methyl sites for hydroxylation is 1. The summed E-state index contributed by atoms with van der Waals surface area (Å²) >= 11 is 0. The Bertz CT molecular complexity index is 337. The summed E-state index contributed by atoms with van der Waals surface area (Å²) in [5.41, 5.74) is 1.82. The van der Waals surface area contributed by atoms with Gasteiger partial charge in [0.25, 0.3) is 0 Å². The van der Waals surface area contributed by atoms with Gasteiger partial charge in [-0.2, -0.15) is 0 Å². The van der Waals surface area contributed by atoms with Crippen LogP contribution >= 0.6 is 0 Å². The molecule has 1 aromatic carbocycles. The third-order valence-corrected chi connectivity index (χ3v) is 3.32. The van der Waals surface area contributed by atoms with Gasteiger partial charge in [0.05, 0.1) is 5.69 Å². The Kier molecular flexibility index (Phi) is 3.44. The van der Waals surface area contributed by atoms with Crippen molar-refractivity contribution in [2.45, 2.75) is 13.8 Å². The van der Waals surface area contributed by atoms with Crippen LogP contribution in [-0.2, 0) is 0 Å². The van der Waals surface area contributed by atoms with Crippen molar-refractivity contribution in [2.75, 3.05) is 37.6 Å². The summed E-state index contributed by atoms with van der Waals surface area (Å²) in [6.45, 7) is 9.15. The van der Waals surface area contributed by atoms with Crippen LogP contribution in [0.3, 0.4) is 0 Å². The Hall–Kier alpha value is -1.09. The molecule has 3 heteroatoms. The van der Waals surface area contributed by atoms with E-state index in [9.17, 15) is 4.39 Å². The van der Waals surface area contributed by atoms with Crippen LogP contribution in [-0.4, -0.2) is 37.6 Å². The molecule has 0 aliphatic carbocycles. The van der Waals surface area contributed by atoms with Crippen LogP contribution in [0.5, 0.6) is 0 Å². The third-order valence-electron chi connectivity index (χ3n) is 3.32. The highest BCUT2D eigenvalue weighted by molar-refractivity contribution is 5.54. The van der Waals surface area contributed by atoms with Crippen molar-refractivity contribution in [1.82, 2.24) is 4.90 Å². The average molecular weight is 222 g/mol. The van der Waals surface area contributed by atoms with Crippen molar-refractivity contribution in [3.05, 3.63) is 29.6 Å². The predicted molar refractivity (Wildman–Crippen MR) is 65.5 cm³/mol. The fourth-order valence-corrected chi connectivity index (χ4v) is 2.31. The lowest BCUT2D eigenvalue weighted by Gasteiger charge is -2.36. The molecule has 2 rings (SSSR count). The number of para-hydroxylation sites is 1. The second kappa shape index (κ2) is 4.83. The van der Waals surface area contributed by atoms with E-state index in [1.807, 2.05) is 13.0 Å². The zero-order chi connectivity index (χ0) is 11.5. The van der Waals surface area contributed by atoms with Gasteiger partial charge in [-0.05, 0) is 25.1 Å². The number of hydrogen-bond donors (Lipinski definition) is 0. The number of rotatable bonds is 2. The molecule has 0 bridgehead atoms. The second-order valence-corrected chi connectivity index (χ2v) is 4.33. The summed E-state index contributed by atoms with van der Waals surface area (Å²) in [7, 11) is 0. The number of benzene rings is 1. The average Bonchev–Trinajstić information content (AvgIpc) is 2.30. The summed E-state index contributed by atoms with van der Waals surface area (Å²) in [4.78, 5) is 4.56. The number of hydrogen-bond acceptors (Lipinski definition) is 2. The monoisotopic (exact) mass is 222 g/mol. The molecule has 0 atom stereocenters. The molecule has 2 nitrogen and oxygen atoms in total. The molecule has 0 N–H and O–H groups in total. The van der Waals surface area contributed by atoms with Crippen LogP contribution in [0.4, 0.5) is 10.1 Å². The van der Waals surface area contributed by atoms with Crippen molar-refractivity contribution in [1.29, 1.82) is 0 Å². The van der Waals surface area contributed by atoms with Crippen molar-refractivity contribution in [3.8, 4) is 0 Å². The summed E-state index contributed by atoms with van der Waals surface area (Å²) < 4.78 is 13.8. The number of anilines is 1. The molecule has 0 amide bonds. The molecule has 0 unspecified atom stereocenters. The van der Waals surface area contributed by atoms with E-state index < -0.39 is 0 Å². The molecule has 1 aliphatic rings. The van der Waals surface area contributed by atoms with Gasteiger partial charge >= 0.3 is 0 Å². The minimum atomic E-state index is -0.0926. The molecule has 1 saturated heterocycles. The highest BCUT2D eigenvalue weighted by Crippen LogP contribution is 2.24. The van der Waals surface area contributed by atoms with E-state index in [0.29, 0.717) is 0 Å². The highest BCUT2D eigenvalue weighted by Gasteiger charge is 2.19. The van der Waals surface area contributed by atoms with E-state index in [0.717, 1.165) is 44.0 Å². The van der Waals surface area contributed by atoms with Crippen molar-refractivity contribution < 1.29 is 4.39 Å². The van der Waals surface area contributed by atoms with Crippen LogP contribution in [0.25, 0.3) is 0 Å². The highest BCUT2D eigenvalue weighted by atomic mass is 19.1. The lowest BCUT2D eigenvalue weighted by atomic mass is 10.1. The molecule has 1 aromatic rings. The topological polar surface area (TPSA) is 6.48 Å². The number of halogens is 1. The minimum absolute atomic E-state index is 0.0926. The van der Waals surface area contributed by atoms with E-state index in [-0.39, 0.29) is 5.82 Å². The maximum atomic E-state index is 13.8. The third kappa shape index (κ3) is 2.19. The smallest absolute Gasteiger partial charge is 0.146 e. The van der Waals surface area contributed by atoms with Gasteiger partial charge in [-0.15, -0.1) is 0 Å². The first kappa shape index (κ1) is 11.4. The molecule has 1 heterocycles. The Morgan fingerprint density at radius 2 is 1.88 bits per heavy atom. The quantitative estimate of drug-likeness (QED) is 0.757. The van der Waals surface area contributed by atoms with E-state index in [1.54, 1.807) is 12.1 Å². The Morgan fingerprint density at radius 1 is 1.19 bits per heavy atom. The molecular weight excluding hydrogens is 203 g/mol. The molecule has 0 saturated carbocycles. The van der Waals surface area contributed by atoms with Crippen LogP contribution in [0.15, 0.2) is 18.2 Å². The molecule has 0 spiro atoms. The lowest BCUT2D eigenvalue weighted by Crippen LogP contribution is -2.46. The lowest BCUT2D eigenvalue weighted by molar-refractivity contribution is 0.270. The van der Waals surface area contributed by atoms with Gasteiger partial charge in [-0.3, -0.25) is 0 Å². The molecule has 1 aliphatic heterocycles. The SMILES string of the molecule is CCN1CCN(c2c(C)cccc2F)CC1. The van der Waals surface area contributed by atoms with Gasteiger partial charge in [-0.1, -0.05) is 19.1 Å². The Morgan fingerprint density at radius 3 is 2.44 bits per heavy atom. The van der Waals surface area contributed by atoms with Gasteiger partial charge in [-0.25, -0.2) is 4.39 Å². The van der Waals surface area contributed by atoms with E-state index >= 15 is 0 Å². The number of likely N-dealkylation sites (N-methyl/N-ethyl adjacent to an activating group) is 1. The minimum Gasteiger partial charge on any atom is -0.366 e. The first-order valence-electron chi connectivity index (χ1n) is 5.94. The normalized spacial score (nSPS) is 17.8. The number of piperazine rings is 1. The van der Waals surface area contributed by atoms with Gasteiger partial charge < -0.3 is 9.80 Å². The van der Waals surface area contributed by atoms with E-state index in [2.05, 4.69) is 16.7 Å². The molecule has 88 valence electrons. The van der Waals surface area contributed by atoms with Crippen LogP contribution < -0.4 is 4.90 Å². The summed E-state index contributed by atoms with van der Waals surface area (Å²) in [5, 5.41) is 0. The molecule has 16 heavy (non-hydrogen) atoms. The van der Waals surface area contributed by atoms with Crippen LogP contribution in [0.2, 0.25) is 0 Å². The molecule has 1 fully saturated rings. The zero-order valence-corrected chi connectivity index (χ0v) is 10.0. The van der Waals surface area contributed by atoms with E-state index in [1.165, 1.54) is 0 Å². The molecule has 0 radical (unpaired) electrons. The fourth-order valence-electron chi connectivity index (χ4n) is 2.31.